The van der Waals surface area contributed by atoms with Crippen LogP contribution in [0.1, 0.15) is 37.4 Å². The van der Waals surface area contributed by atoms with Crippen molar-refractivity contribution < 1.29 is 18.0 Å². The number of alkyl halides is 3. The predicted molar refractivity (Wildman–Crippen MR) is 78.3 cm³/mol. The van der Waals surface area contributed by atoms with Crippen molar-refractivity contribution in [1.29, 1.82) is 0 Å². The molecular formula is C16H21F3N2O. The van der Waals surface area contributed by atoms with E-state index in [2.05, 4.69) is 4.90 Å². The molecule has 1 atom stereocenters. The maximum atomic E-state index is 12.6. The van der Waals surface area contributed by atoms with Crippen LogP contribution in [0.15, 0.2) is 24.3 Å². The van der Waals surface area contributed by atoms with E-state index in [4.69, 9.17) is 0 Å². The molecule has 0 bridgehead atoms. The second kappa shape index (κ2) is 6.69. The lowest BCUT2D eigenvalue weighted by atomic mass is 10.0. The van der Waals surface area contributed by atoms with Gasteiger partial charge in [-0.1, -0.05) is 12.1 Å². The molecule has 1 aromatic carbocycles. The van der Waals surface area contributed by atoms with Gasteiger partial charge in [0.15, 0.2) is 0 Å². The van der Waals surface area contributed by atoms with E-state index in [9.17, 15) is 18.0 Å². The van der Waals surface area contributed by atoms with E-state index in [0.717, 1.165) is 43.8 Å². The summed E-state index contributed by atoms with van der Waals surface area (Å²) >= 11 is 0. The van der Waals surface area contributed by atoms with Crippen molar-refractivity contribution in [1.82, 2.24) is 9.80 Å². The van der Waals surface area contributed by atoms with Gasteiger partial charge in [0.05, 0.1) is 5.56 Å². The molecule has 0 saturated carbocycles. The van der Waals surface area contributed by atoms with Gasteiger partial charge in [0.1, 0.15) is 0 Å². The van der Waals surface area contributed by atoms with E-state index < -0.39 is 11.7 Å². The molecule has 0 aliphatic carbocycles. The highest BCUT2D eigenvalue weighted by Gasteiger charge is 2.30. The first kappa shape index (κ1) is 16.8. The molecule has 122 valence electrons. The van der Waals surface area contributed by atoms with Crippen molar-refractivity contribution in [3.63, 3.8) is 0 Å². The first-order chi connectivity index (χ1) is 10.3. The molecule has 0 spiro atoms. The summed E-state index contributed by atoms with van der Waals surface area (Å²) in [5.41, 5.74) is 0.242. The fraction of sp³-hybridized carbons (Fsp3) is 0.562. The fourth-order valence-electron chi connectivity index (χ4n) is 2.80. The largest absolute Gasteiger partial charge is 0.416 e. The van der Waals surface area contributed by atoms with E-state index in [0.29, 0.717) is 6.54 Å². The van der Waals surface area contributed by atoms with Crippen molar-refractivity contribution in [3.8, 4) is 0 Å². The van der Waals surface area contributed by atoms with Crippen LogP contribution in [0.3, 0.4) is 0 Å². The van der Waals surface area contributed by atoms with Crippen molar-refractivity contribution in [3.05, 3.63) is 35.4 Å². The molecule has 3 nitrogen and oxygen atoms in total. The summed E-state index contributed by atoms with van der Waals surface area (Å²) in [7, 11) is 0. The zero-order valence-corrected chi connectivity index (χ0v) is 12.9. The van der Waals surface area contributed by atoms with Gasteiger partial charge >= 0.3 is 6.18 Å². The third kappa shape index (κ3) is 4.00. The van der Waals surface area contributed by atoms with Gasteiger partial charge in [0, 0.05) is 39.1 Å². The number of carbonyl (C=O) groups excluding carboxylic acids is 1. The molecular weight excluding hydrogens is 293 g/mol. The van der Waals surface area contributed by atoms with Crippen molar-refractivity contribution in [2.24, 2.45) is 0 Å². The minimum Gasteiger partial charge on any atom is -0.342 e. The van der Waals surface area contributed by atoms with Crippen LogP contribution in [0.25, 0.3) is 0 Å². The molecule has 1 amide bonds. The first-order valence-electron chi connectivity index (χ1n) is 7.46. The lowest BCUT2D eigenvalue weighted by Crippen LogP contribution is -2.34. The number of rotatable bonds is 2. The predicted octanol–water partition coefficient (Wildman–Crippen LogP) is 3.32. The molecule has 1 fully saturated rings. The molecule has 1 aromatic rings. The summed E-state index contributed by atoms with van der Waals surface area (Å²) in [4.78, 5) is 15.5. The number of benzene rings is 1. The lowest BCUT2D eigenvalue weighted by Gasteiger charge is -2.28. The fourth-order valence-corrected chi connectivity index (χ4v) is 2.80. The number of carbonyl (C=O) groups is 1. The quantitative estimate of drug-likeness (QED) is 0.836. The average molecular weight is 314 g/mol. The van der Waals surface area contributed by atoms with E-state index in [1.807, 2.05) is 11.8 Å². The maximum absolute atomic E-state index is 12.6. The van der Waals surface area contributed by atoms with Gasteiger partial charge in [0.25, 0.3) is 0 Å². The second-order valence-electron chi connectivity index (χ2n) is 5.69. The molecule has 1 saturated heterocycles. The highest BCUT2D eigenvalue weighted by atomic mass is 19.4. The Morgan fingerprint density at radius 2 is 1.73 bits per heavy atom. The maximum Gasteiger partial charge on any atom is 0.416 e. The first-order valence-corrected chi connectivity index (χ1v) is 7.46. The minimum atomic E-state index is -4.30. The SMILES string of the molecule is CC(=O)N1CCCN([C@@H](C)c2ccc(C(F)(F)F)cc2)CC1. The molecule has 0 radical (unpaired) electrons. The number of halogens is 3. The van der Waals surface area contributed by atoms with Gasteiger partial charge in [0.2, 0.25) is 5.91 Å². The van der Waals surface area contributed by atoms with Crippen LogP contribution in [0.2, 0.25) is 0 Å². The van der Waals surface area contributed by atoms with Gasteiger partial charge < -0.3 is 4.90 Å². The summed E-state index contributed by atoms with van der Waals surface area (Å²) in [5, 5.41) is 0. The topological polar surface area (TPSA) is 23.6 Å². The Morgan fingerprint density at radius 3 is 2.27 bits per heavy atom. The number of hydrogen-bond donors (Lipinski definition) is 0. The van der Waals surface area contributed by atoms with Gasteiger partial charge in [-0.15, -0.1) is 0 Å². The smallest absolute Gasteiger partial charge is 0.342 e. The molecule has 1 heterocycles. The van der Waals surface area contributed by atoms with Gasteiger partial charge in [-0.25, -0.2) is 0 Å². The molecule has 1 aliphatic heterocycles. The number of nitrogens with zero attached hydrogens (tertiary/aromatic N) is 2. The molecule has 0 unspecified atom stereocenters. The van der Waals surface area contributed by atoms with Crippen molar-refractivity contribution in [2.75, 3.05) is 26.2 Å². The Morgan fingerprint density at radius 1 is 1.09 bits per heavy atom. The Hall–Kier alpha value is -1.56. The second-order valence-corrected chi connectivity index (χ2v) is 5.69. The van der Waals surface area contributed by atoms with Crippen LogP contribution in [0.4, 0.5) is 13.2 Å². The summed E-state index contributed by atoms with van der Waals surface area (Å²) in [6.45, 7) is 6.54. The van der Waals surface area contributed by atoms with Crippen LogP contribution < -0.4 is 0 Å². The number of amides is 1. The van der Waals surface area contributed by atoms with Crippen LogP contribution in [-0.2, 0) is 11.0 Å². The Kier molecular flexibility index (Phi) is 5.11. The van der Waals surface area contributed by atoms with E-state index >= 15 is 0 Å². The van der Waals surface area contributed by atoms with Crippen molar-refractivity contribution >= 4 is 5.91 Å². The monoisotopic (exact) mass is 314 g/mol. The Balaban J connectivity index is 2.05. The van der Waals surface area contributed by atoms with Crippen LogP contribution in [0.5, 0.6) is 0 Å². The summed E-state index contributed by atoms with van der Waals surface area (Å²) in [6, 6.07) is 5.38. The standard InChI is InChI=1S/C16H21F3N2O/c1-12(14-4-6-15(7-5-14)16(17,18)19)20-8-3-9-21(11-10-20)13(2)22/h4-7,12H,3,8-11H2,1-2H3/t12-/m0/s1. The highest BCUT2D eigenvalue weighted by Crippen LogP contribution is 2.31. The molecule has 2 rings (SSSR count). The van der Waals surface area contributed by atoms with Gasteiger partial charge in [-0.2, -0.15) is 13.2 Å². The normalized spacial score (nSPS) is 18.9. The summed E-state index contributed by atoms with van der Waals surface area (Å²) < 4.78 is 37.8. The van der Waals surface area contributed by atoms with Crippen LogP contribution in [0, 0.1) is 0 Å². The average Bonchev–Trinajstić information content (AvgIpc) is 2.71. The van der Waals surface area contributed by atoms with E-state index in [-0.39, 0.29) is 11.9 Å². The zero-order valence-electron chi connectivity index (χ0n) is 12.9. The Bertz CT molecular complexity index is 513. The summed E-state index contributed by atoms with van der Waals surface area (Å²) in [6.07, 6.45) is -3.42. The molecule has 1 aliphatic rings. The number of hydrogen-bond acceptors (Lipinski definition) is 2. The lowest BCUT2D eigenvalue weighted by molar-refractivity contribution is -0.137. The summed E-state index contributed by atoms with van der Waals surface area (Å²) in [5.74, 6) is 0.0732. The van der Waals surface area contributed by atoms with E-state index in [1.54, 1.807) is 19.1 Å². The van der Waals surface area contributed by atoms with Gasteiger partial charge in [-0.3, -0.25) is 9.69 Å². The zero-order chi connectivity index (χ0) is 16.3. The minimum absolute atomic E-state index is 0.0363. The van der Waals surface area contributed by atoms with Crippen LogP contribution in [-0.4, -0.2) is 41.9 Å². The third-order valence-electron chi connectivity index (χ3n) is 4.24. The Labute approximate surface area is 128 Å². The third-order valence-corrected chi connectivity index (χ3v) is 4.24. The molecule has 22 heavy (non-hydrogen) atoms. The molecule has 0 aromatic heterocycles. The van der Waals surface area contributed by atoms with Gasteiger partial charge in [-0.05, 0) is 31.0 Å². The van der Waals surface area contributed by atoms with Crippen molar-refractivity contribution in [2.45, 2.75) is 32.5 Å². The highest BCUT2D eigenvalue weighted by molar-refractivity contribution is 5.73. The van der Waals surface area contributed by atoms with Crippen LogP contribution >= 0.6 is 0 Å². The van der Waals surface area contributed by atoms with E-state index in [1.165, 1.54) is 0 Å². The molecule has 6 heteroatoms. The molecule has 0 N–H and O–H groups in total.